The summed E-state index contributed by atoms with van der Waals surface area (Å²) in [4.78, 5) is 85.7. The number of carbonyl (C=O) groups is 5. The number of benzene rings is 8. The average molecular weight is 1810 g/mol. The number of amides is 2. The van der Waals surface area contributed by atoms with Crippen LogP contribution in [0.1, 0.15) is 134 Å². The third kappa shape index (κ3) is 35.8. The number of rotatable bonds is 25. The summed E-state index contributed by atoms with van der Waals surface area (Å²) < 4.78 is 25.4. The Bertz CT molecular complexity index is 5160. The first-order chi connectivity index (χ1) is 63.6. The summed E-state index contributed by atoms with van der Waals surface area (Å²) in [6, 6.07) is 80.3. The number of hydroxylamine groups is 2. The molecule has 24 heteroatoms. The molecule has 9 heterocycles. The molecule has 3 aromatic heterocycles. The van der Waals surface area contributed by atoms with Crippen LogP contribution in [0.5, 0.6) is 0 Å². The molecular weight excluding hydrogens is 1670 g/mol. The summed E-state index contributed by atoms with van der Waals surface area (Å²) >= 11 is 0. The van der Waals surface area contributed by atoms with E-state index in [2.05, 4.69) is 245 Å². The van der Waals surface area contributed by atoms with Gasteiger partial charge in [-0.05, 0) is 229 Å². The second-order valence-corrected chi connectivity index (χ2v) is 49.1. The van der Waals surface area contributed by atoms with Crippen molar-refractivity contribution in [1.29, 1.82) is 0 Å². The van der Waals surface area contributed by atoms with E-state index >= 15 is 0 Å². The Morgan fingerprint density at radius 1 is 0.435 bits per heavy atom. The van der Waals surface area contributed by atoms with Gasteiger partial charge in [0, 0.05) is 88.4 Å². The molecule has 6 fully saturated rings. The highest BCUT2D eigenvalue weighted by Gasteiger charge is 2.28. The number of hydrogen-bond acceptors (Lipinski definition) is 17. The van der Waals surface area contributed by atoms with Gasteiger partial charge in [0.25, 0.3) is 0 Å². The number of likely N-dealkylation sites (tertiary alicyclic amines) is 4. The van der Waals surface area contributed by atoms with Crippen molar-refractivity contribution in [3.05, 3.63) is 275 Å². The number of aromatic amines is 1. The molecular formula is C107H144N12O10Si2. The Labute approximate surface area is 780 Å². The molecule has 0 saturated carbocycles. The normalized spacial score (nSPS) is 16.3. The van der Waals surface area contributed by atoms with E-state index in [0.717, 1.165) is 167 Å². The number of carbonyl (C=O) groups excluding carboxylic acids is 5. The first-order valence-electron chi connectivity index (χ1n) is 47.7. The molecule has 11 aromatic rings. The van der Waals surface area contributed by atoms with Crippen LogP contribution in [0.3, 0.4) is 0 Å². The van der Waals surface area contributed by atoms with Crippen LogP contribution in [-0.2, 0) is 85.6 Å². The molecule has 0 bridgehead atoms. The molecule has 22 nitrogen and oxygen atoms in total. The van der Waals surface area contributed by atoms with Crippen LogP contribution in [0.2, 0.25) is 51.4 Å². The lowest BCUT2D eigenvalue weighted by molar-refractivity contribution is -0.192. The highest BCUT2D eigenvalue weighted by atomic mass is 28.3. The maximum Gasteiger partial charge on any atom is 0.409 e. The van der Waals surface area contributed by atoms with Crippen LogP contribution < -0.4 is 5.32 Å². The second kappa shape index (κ2) is 53.8. The number of H-pyrrole nitrogens is 1. The van der Waals surface area contributed by atoms with Crippen LogP contribution in [-0.4, -0.2) is 206 Å². The fourth-order valence-corrected chi connectivity index (χ4v) is 18.8. The highest BCUT2D eigenvalue weighted by molar-refractivity contribution is 6.76. The molecule has 2 amide bonds. The summed E-state index contributed by atoms with van der Waals surface area (Å²) in [6.45, 7) is 31.2. The van der Waals surface area contributed by atoms with E-state index in [9.17, 15) is 24.0 Å². The lowest BCUT2D eigenvalue weighted by Crippen LogP contribution is -2.38. The van der Waals surface area contributed by atoms with Crippen molar-refractivity contribution in [2.75, 3.05) is 106 Å². The Hall–Kier alpha value is -10.5. The van der Waals surface area contributed by atoms with Crippen molar-refractivity contribution in [2.45, 2.75) is 188 Å². The van der Waals surface area contributed by atoms with Crippen molar-refractivity contribution < 1.29 is 47.8 Å². The summed E-state index contributed by atoms with van der Waals surface area (Å²) in [5.41, 5.74) is 14.7. The Morgan fingerprint density at radius 2 is 0.832 bits per heavy atom. The summed E-state index contributed by atoms with van der Waals surface area (Å²) in [5, 5.41) is 4.93. The molecule has 17 rings (SSSR count). The number of methoxy groups -OCH3 is 2. The molecule has 0 unspecified atom stereocenters. The zero-order valence-corrected chi connectivity index (χ0v) is 81.3. The predicted molar refractivity (Wildman–Crippen MR) is 533 cm³/mol. The average Bonchev–Trinajstić information content (AvgIpc) is 1.66. The smallest absolute Gasteiger partial charge is 0.409 e. The van der Waals surface area contributed by atoms with Gasteiger partial charge in [-0.2, -0.15) is 0 Å². The predicted octanol–water partition coefficient (Wildman–Crippen LogP) is 21.0. The third-order valence-corrected chi connectivity index (χ3v) is 28.5. The van der Waals surface area contributed by atoms with Gasteiger partial charge in [0.05, 0.1) is 60.4 Å². The Kier molecular flexibility index (Phi) is 41.5. The number of nitrogens with one attached hydrogen (secondary N) is 2. The van der Waals surface area contributed by atoms with Gasteiger partial charge in [-0.1, -0.05) is 239 Å². The maximum absolute atomic E-state index is 11.3. The van der Waals surface area contributed by atoms with E-state index < -0.39 is 16.1 Å². The van der Waals surface area contributed by atoms with Crippen LogP contribution in [0.25, 0.3) is 39.2 Å². The van der Waals surface area contributed by atoms with Crippen LogP contribution in [0.15, 0.2) is 230 Å². The molecule has 0 aliphatic carbocycles. The highest BCUT2D eigenvalue weighted by Crippen LogP contribution is 2.29. The number of ether oxygens (including phenoxy) is 4. The van der Waals surface area contributed by atoms with Crippen LogP contribution in [0.4, 0.5) is 9.59 Å². The number of aromatic nitrogens is 6. The quantitative estimate of drug-likeness (QED) is 0.0308. The Balaban J connectivity index is 0.000000151. The fourth-order valence-electron chi connectivity index (χ4n) is 17.3. The minimum Gasteiger partial charge on any atom is -0.453 e. The van der Waals surface area contributed by atoms with Crippen molar-refractivity contribution in [2.24, 2.45) is 23.7 Å². The third-order valence-electron chi connectivity index (χ3n) is 25.1. The van der Waals surface area contributed by atoms with Crippen LogP contribution >= 0.6 is 0 Å². The SMILES string of the molecule is CC(=O)ON1CCC(=O)CC1.COC(=O)N1CCC(=Cc2ccccc2)CC1.COC(=O)N1CCC(Cc2ccccc2)CC1.C[Si](C)(C)CCOCn1c(C=O)nc2ccccc21.C[Si](C)(C)CCOCn1c(CN2CCC(Cc3ccccc3)CC2)nc2ccccc21.c1ccc(CC2CCN(Cc3nc4ccccc4[nH]3)CC2)cc1.c1ccc(CC2CCNCC2)cc1. The van der Waals surface area contributed by atoms with Gasteiger partial charge in [0.15, 0.2) is 12.1 Å². The number of nitrogens with zero attached hydrogens (tertiary/aromatic N) is 10. The molecule has 0 atom stereocenters. The lowest BCUT2D eigenvalue weighted by Gasteiger charge is -2.32. The van der Waals surface area contributed by atoms with Crippen molar-refractivity contribution >= 4 is 85.5 Å². The lowest BCUT2D eigenvalue weighted by atomic mass is 9.90. The maximum atomic E-state index is 11.3. The number of fused-ring (bicyclic) bond motifs is 3. The number of para-hydroxylation sites is 6. The molecule has 6 saturated heterocycles. The second-order valence-electron chi connectivity index (χ2n) is 37.9. The molecule has 6 aliphatic heterocycles. The first-order valence-corrected chi connectivity index (χ1v) is 55.1. The number of piperidine rings is 6. The summed E-state index contributed by atoms with van der Waals surface area (Å²) in [6.07, 6.45) is 20.2. The topological polar surface area (TPSA) is 224 Å². The van der Waals surface area contributed by atoms with Gasteiger partial charge in [-0.25, -0.2) is 24.5 Å². The van der Waals surface area contributed by atoms with Crippen molar-refractivity contribution in [3.8, 4) is 0 Å². The fraction of sp³-hybridized carbons (Fsp3) is 0.458. The monoisotopic (exact) mass is 1810 g/mol. The van der Waals surface area contributed by atoms with E-state index in [1.807, 2.05) is 59.2 Å². The Morgan fingerprint density at radius 3 is 1.28 bits per heavy atom. The zero-order chi connectivity index (χ0) is 92.4. The molecule has 2 N–H and O–H groups in total. The summed E-state index contributed by atoms with van der Waals surface area (Å²) in [5.74, 6) is 5.79. The van der Waals surface area contributed by atoms with E-state index in [1.165, 1.54) is 155 Å². The van der Waals surface area contributed by atoms with Crippen molar-refractivity contribution in [3.63, 3.8) is 0 Å². The van der Waals surface area contributed by atoms with Gasteiger partial charge >= 0.3 is 18.2 Å². The van der Waals surface area contributed by atoms with E-state index in [-0.39, 0.29) is 23.9 Å². The van der Waals surface area contributed by atoms with Crippen molar-refractivity contribution in [1.82, 2.24) is 59.0 Å². The molecule has 6 aliphatic rings. The minimum absolute atomic E-state index is 0.192. The standard InChI is InChI=1S/C26H37N3OSi.C20H23N3.C14H20N2O2Si.C14H19NO2.C14H17NO2.C12H17N.C7H11NO3/c1-31(2,3)18-17-30-21-29-25-12-8-7-11-24(25)27-26(29)20-28-15-13-23(14-16-28)19-22-9-5-4-6-10-22;1-2-6-16(7-3-1)14-17-10-12-23(13-11-17)15-20-21-18-8-4-5-9-19(18)22-20;1-19(2,3)9-8-18-11-16-13-7-5-4-6-12(13)15-14(16)10-17;2*1-17-14(16)15-9-7-13(8-10-15)11-12-5-3-2-4-6-12;1-2-4-11(5-3-1)10-12-6-8-13-9-7-12;1-6(9)11-8-4-2-7(10)3-5-8/h4-12,23H,13-21H2,1-3H3;1-9,17H,10-15H2,(H,21,22);4-7,10H,8-9,11H2,1-3H3;2-6,13H,7-11H2,1H3;2-6,11H,7-10H2,1H3;1-5,12-13H,6-10H2;2-5H2,1H3. The van der Waals surface area contributed by atoms with E-state index in [4.69, 9.17) is 33.8 Å². The zero-order valence-electron chi connectivity index (χ0n) is 79.3. The number of aldehydes is 1. The van der Waals surface area contributed by atoms with Gasteiger partial charge in [0.2, 0.25) is 0 Å². The summed E-state index contributed by atoms with van der Waals surface area (Å²) in [7, 11) is 0.722. The molecule has 0 radical (unpaired) electrons. The number of ketones is 1. The number of imidazole rings is 3. The van der Waals surface area contributed by atoms with E-state index in [0.29, 0.717) is 51.1 Å². The molecule has 8 aromatic carbocycles. The minimum atomic E-state index is -1.07. The van der Waals surface area contributed by atoms with Crippen LogP contribution in [0, 0.1) is 23.7 Å². The molecule has 700 valence electrons. The molecule has 131 heavy (non-hydrogen) atoms. The van der Waals surface area contributed by atoms with Gasteiger partial charge in [0.1, 0.15) is 30.9 Å². The largest absolute Gasteiger partial charge is 0.453 e. The first kappa shape index (κ1) is 101. The van der Waals surface area contributed by atoms with Gasteiger partial charge in [-0.15, -0.1) is 5.06 Å². The number of Topliss-reactive ketones (excluding diaryl/α,β-unsaturated/α-hetero) is 1. The number of hydrogen-bond donors (Lipinski definition) is 2. The molecule has 0 spiro atoms. The van der Waals surface area contributed by atoms with E-state index in [1.54, 1.807) is 9.80 Å². The van der Waals surface area contributed by atoms with Gasteiger partial charge in [-0.3, -0.25) is 28.8 Å². The van der Waals surface area contributed by atoms with Gasteiger partial charge < -0.3 is 48.5 Å².